The number of hydrogen-bond donors (Lipinski definition) is 1. The number of nitrogens with zero attached hydrogens (tertiary/aromatic N) is 2. The molecule has 0 amide bonds. The van der Waals surface area contributed by atoms with Crippen molar-refractivity contribution in [2.45, 2.75) is 0 Å². The number of para-hydroxylation sites is 1. The van der Waals surface area contributed by atoms with Crippen LogP contribution >= 0.6 is 0 Å². The maximum atomic E-state index is 12.2. The molecule has 2 aromatic carbocycles. The van der Waals surface area contributed by atoms with E-state index < -0.39 is 5.63 Å². The van der Waals surface area contributed by atoms with Gasteiger partial charge in [-0.05, 0) is 30.3 Å². The number of aromatic nitrogens is 2. The third kappa shape index (κ3) is 2.38. The van der Waals surface area contributed by atoms with E-state index in [1.807, 2.05) is 30.3 Å². The predicted molar refractivity (Wildman–Crippen MR) is 86.7 cm³/mol. The number of phenols is 1. The third-order valence-corrected chi connectivity index (χ3v) is 3.63. The molecule has 2 aromatic heterocycles. The zero-order chi connectivity index (χ0) is 15.8. The van der Waals surface area contributed by atoms with Crippen LogP contribution in [0, 0.1) is 0 Å². The number of phenolic OH excluding ortho intramolecular Hbond substituents is 1. The quantitative estimate of drug-likeness (QED) is 0.577. The van der Waals surface area contributed by atoms with Crippen molar-refractivity contribution in [1.29, 1.82) is 0 Å². The molecule has 0 saturated heterocycles. The van der Waals surface area contributed by atoms with Crippen LogP contribution in [0.1, 0.15) is 0 Å². The van der Waals surface area contributed by atoms with Gasteiger partial charge >= 0.3 is 5.63 Å². The second-order valence-corrected chi connectivity index (χ2v) is 5.18. The van der Waals surface area contributed by atoms with Gasteiger partial charge in [0.15, 0.2) is 0 Å². The van der Waals surface area contributed by atoms with Crippen molar-refractivity contribution in [2.24, 2.45) is 0 Å². The summed E-state index contributed by atoms with van der Waals surface area (Å²) >= 11 is 0. The number of benzene rings is 2. The highest BCUT2D eigenvalue weighted by atomic mass is 16.4. The molecule has 0 saturated carbocycles. The highest BCUT2D eigenvalue weighted by Gasteiger charge is 2.11. The van der Waals surface area contributed by atoms with Crippen molar-refractivity contribution in [3.05, 3.63) is 77.4 Å². The minimum Gasteiger partial charge on any atom is -0.508 e. The Labute approximate surface area is 131 Å². The summed E-state index contributed by atoms with van der Waals surface area (Å²) < 4.78 is 6.99. The normalized spacial score (nSPS) is 11.0. The fraction of sp³-hybridized carbons (Fsp3) is 0. The lowest BCUT2D eigenvalue weighted by Gasteiger charge is -2.01. The Morgan fingerprint density at radius 1 is 1.04 bits per heavy atom. The highest BCUT2D eigenvalue weighted by Crippen LogP contribution is 2.24. The van der Waals surface area contributed by atoms with Gasteiger partial charge in [-0.1, -0.05) is 18.2 Å². The molecule has 0 bridgehead atoms. The molecule has 0 unspecified atom stereocenters. The number of rotatable bonds is 2. The van der Waals surface area contributed by atoms with Gasteiger partial charge in [0.2, 0.25) is 0 Å². The van der Waals surface area contributed by atoms with Gasteiger partial charge in [0, 0.05) is 23.2 Å². The summed E-state index contributed by atoms with van der Waals surface area (Å²) in [5.41, 5.74) is 1.92. The fourth-order valence-electron chi connectivity index (χ4n) is 2.48. The molecule has 0 fully saturated rings. The van der Waals surface area contributed by atoms with Crippen LogP contribution in [-0.2, 0) is 0 Å². The smallest absolute Gasteiger partial charge is 0.344 e. The molecule has 4 rings (SSSR count). The van der Waals surface area contributed by atoms with Crippen LogP contribution < -0.4 is 5.63 Å². The SMILES string of the molecule is O=c1oc2cc(O)ccc2cc1-c1cnn(-c2ccccc2)c1. The molecule has 0 aliphatic rings. The summed E-state index contributed by atoms with van der Waals surface area (Å²) in [4.78, 5) is 12.2. The predicted octanol–water partition coefficient (Wildman–Crippen LogP) is 3.35. The lowest BCUT2D eigenvalue weighted by molar-refractivity contribution is 0.473. The van der Waals surface area contributed by atoms with Gasteiger partial charge in [0.05, 0.1) is 17.4 Å². The first-order chi connectivity index (χ1) is 11.2. The third-order valence-electron chi connectivity index (χ3n) is 3.63. The van der Waals surface area contributed by atoms with Crippen LogP contribution in [0.3, 0.4) is 0 Å². The van der Waals surface area contributed by atoms with Gasteiger partial charge in [-0.2, -0.15) is 5.10 Å². The van der Waals surface area contributed by atoms with E-state index in [9.17, 15) is 9.90 Å². The number of fused-ring (bicyclic) bond motifs is 1. The maximum Gasteiger partial charge on any atom is 0.344 e. The zero-order valence-corrected chi connectivity index (χ0v) is 12.0. The lowest BCUT2D eigenvalue weighted by atomic mass is 10.1. The van der Waals surface area contributed by atoms with Crippen LogP contribution in [0.15, 0.2) is 76.2 Å². The lowest BCUT2D eigenvalue weighted by Crippen LogP contribution is -2.02. The largest absolute Gasteiger partial charge is 0.508 e. The van der Waals surface area contributed by atoms with E-state index in [0.29, 0.717) is 16.7 Å². The van der Waals surface area contributed by atoms with Crippen molar-refractivity contribution in [3.8, 4) is 22.6 Å². The van der Waals surface area contributed by atoms with E-state index in [-0.39, 0.29) is 5.75 Å². The Bertz CT molecular complexity index is 1050. The van der Waals surface area contributed by atoms with E-state index in [1.54, 1.807) is 35.3 Å². The average Bonchev–Trinajstić information content (AvgIpc) is 3.05. The Hall–Kier alpha value is -3.34. The van der Waals surface area contributed by atoms with Crippen LogP contribution in [0.2, 0.25) is 0 Å². The van der Waals surface area contributed by atoms with Crippen molar-refractivity contribution in [2.75, 3.05) is 0 Å². The first kappa shape index (κ1) is 13.3. The molecule has 23 heavy (non-hydrogen) atoms. The summed E-state index contributed by atoms with van der Waals surface area (Å²) in [5.74, 6) is 0.0605. The van der Waals surface area contributed by atoms with E-state index in [1.165, 1.54) is 6.07 Å². The molecule has 0 aliphatic heterocycles. The minimum absolute atomic E-state index is 0.0605. The molecular formula is C18H12N2O3. The summed E-state index contributed by atoms with van der Waals surface area (Å²) in [6, 6.07) is 16.1. The molecular weight excluding hydrogens is 292 g/mol. The zero-order valence-electron chi connectivity index (χ0n) is 12.0. The summed E-state index contributed by atoms with van der Waals surface area (Å²) in [5, 5.41) is 14.5. The van der Waals surface area contributed by atoms with E-state index >= 15 is 0 Å². The second kappa shape index (κ2) is 5.14. The number of aromatic hydroxyl groups is 1. The monoisotopic (exact) mass is 304 g/mol. The van der Waals surface area contributed by atoms with E-state index in [0.717, 1.165) is 11.1 Å². The highest BCUT2D eigenvalue weighted by molar-refractivity contribution is 5.82. The molecule has 1 N–H and O–H groups in total. The van der Waals surface area contributed by atoms with Gasteiger partial charge in [-0.3, -0.25) is 0 Å². The van der Waals surface area contributed by atoms with Crippen molar-refractivity contribution in [1.82, 2.24) is 9.78 Å². The Morgan fingerprint density at radius 2 is 1.87 bits per heavy atom. The van der Waals surface area contributed by atoms with Gasteiger partial charge in [-0.15, -0.1) is 0 Å². The molecule has 112 valence electrons. The summed E-state index contributed by atoms with van der Waals surface area (Å²) in [6.45, 7) is 0. The molecule has 4 aromatic rings. The summed E-state index contributed by atoms with van der Waals surface area (Å²) in [6.07, 6.45) is 3.42. The standard InChI is InChI=1S/C18H12N2O3/c21-15-7-6-12-8-16(18(22)23-17(12)9-15)13-10-19-20(11-13)14-4-2-1-3-5-14/h1-11,21H. The number of hydrogen-bond acceptors (Lipinski definition) is 4. The van der Waals surface area contributed by atoms with Crippen molar-refractivity contribution < 1.29 is 9.52 Å². The van der Waals surface area contributed by atoms with E-state index in [2.05, 4.69) is 5.10 Å². The molecule has 5 nitrogen and oxygen atoms in total. The maximum absolute atomic E-state index is 12.2. The van der Waals surface area contributed by atoms with Crippen LogP contribution in [-0.4, -0.2) is 14.9 Å². The van der Waals surface area contributed by atoms with Gasteiger partial charge in [-0.25, -0.2) is 9.48 Å². The Kier molecular flexibility index (Phi) is 2.98. The Morgan fingerprint density at radius 3 is 2.70 bits per heavy atom. The van der Waals surface area contributed by atoms with Crippen molar-refractivity contribution in [3.63, 3.8) is 0 Å². The molecule has 0 radical (unpaired) electrons. The fourth-order valence-corrected chi connectivity index (χ4v) is 2.48. The first-order valence-corrected chi connectivity index (χ1v) is 7.08. The van der Waals surface area contributed by atoms with Crippen molar-refractivity contribution >= 4 is 11.0 Å². The second-order valence-electron chi connectivity index (χ2n) is 5.18. The first-order valence-electron chi connectivity index (χ1n) is 7.08. The Balaban J connectivity index is 1.83. The average molecular weight is 304 g/mol. The van der Waals surface area contributed by atoms with Gasteiger partial charge in [0.25, 0.3) is 0 Å². The molecule has 2 heterocycles. The van der Waals surface area contributed by atoms with Crippen LogP contribution in [0.5, 0.6) is 5.75 Å². The molecule has 5 heteroatoms. The topological polar surface area (TPSA) is 68.3 Å². The molecule has 0 aliphatic carbocycles. The molecule has 0 atom stereocenters. The van der Waals surface area contributed by atoms with E-state index in [4.69, 9.17) is 4.42 Å². The summed E-state index contributed by atoms with van der Waals surface area (Å²) in [7, 11) is 0. The minimum atomic E-state index is -0.462. The van der Waals surface area contributed by atoms with Gasteiger partial charge in [0.1, 0.15) is 11.3 Å². The van der Waals surface area contributed by atoms with Crippen LogP contribution in [0.25, 0.3) is 27.8 Å². The van der Waals surface area contributed by atoms with Gasteiger partial charge < -0.3 is 9.52 Å². The van der Waals surface area contributed by atoms with Crippen LogP contribution in [0.4, 0.5) is 0 Å². The molecule has 0 spiro atoms.